The van der Waals surface area contributed by atoms with Gasteiger partial charge in [0, 0.05) is 30.1 Å². The summed E-state index contributed by atoms with van der Waals surface area (Å²) in [5.41, 5.74) is 1.77. The quantitative estimate of drug-likeness (QED) is 0.730. The summed E-state index contributed by atoms with van der Waals surface area (Å²) in [5.74, 6) is 0. The average Bonchev–Trinajstić information content (AvgIpc) is 2.73. The Labute approximate surface area is 94.1 Å². The number of nitriles is 2. The third-order valence-corrected chi connectivity index (χ3v) is 2.62. The second kappa shape index (κ2) is 4.51. The van der Waals surface area contributed by atoms with Gasteiger partial charge in [-0.05, 0) is 24.6 Å². The van der Waals surface area contributed by atoms with Crippen LogP contribution in [0.3, 0.4) is 0 Å². The van der Waals surface area contributed by atoms with Crippen LogP contribution in [0.5, 0.6) is 0 Å². The number of hydrogen-bond acceptors (Lipinski definition) is 2. The number of benzene rings is 1. The highest BCUT2D eigenvalue weighted by Crippen LogP contribution is 2.20. The fraction of sp³-hybridized carbons (Fsp3) is 0.231. The highest BCUT2D eigenvalue weighted by Gasteiger charge is 2.04. The molecule has 0 bridgehead atoms. The first kappa shape index (κ1) is 10.3. The van der Waals surface area contributed by atoms with E-state index in [-0.39, 0.29) is 0 Å². The van der Waals surface area contributed by atoms with Crippen LogP contribution in [0, 0.1) is 22.7 Å². The van der Waals surface area contributed by atoms with Crippen molar-refractivity contribution in [2.75, 3.05) is 0 Å². The summed E-state index contributed by atoms with van der Waals surface area (Å²) in [6.45, 7) is 0.825. The van der Waals surface area contributed by atoms with Gasteiger partial charge in [-0.25, -0.2) is 0 Å². The molecule has 16 heavy (non-hydrogen) atoms. The molecule has 0 fully saturated rings. The molecule has 0 N–H and O–H groups in total. The van der Waals surface area contributed by atoms with Crippen molar-refractivity contribution in [1.82, 2.24) is 4.57 Å². The Morgan fingerprint density at radius 2 is 2.06 bits per heavy atom. The monoisotopic (exact) mass is 209 g/mol. The Hall–Kier alpha value is -2.26. The fourth-order valence-electron chi connectivity index (χ4n) is 1.84. The van der Waals surface area contributed by atoms with E-state index in [1.165, 1.54) is 0 Å². The minimum Gasteiger partial charge on any atom is -0.347 e. The van der Waals surface area contributed by atoms with E-state index in [4.69, 9.17) is 10.5 Å². The van der Waals surface area contributed by atoms with Crippen LogP contribution in [0.2, 0.25) is 0 Å². The highest BCUT2D eigenvalue weighted by atomic mass is 14.9. The Kier molecular flexibility index (Phi) is 2.89. The lowest BCUT2D eigenvalue weighted by Gasteiger charge is -2.03. The summed E-state index contributed by atoms with van der Waals surface area (Å²) in [6.07, 6.45) is 3.39. The summed E-state index contributed by atoms with van der Waals surface area (Å²) in [4.78, 5) is 0. The standard InChI is InChI=1S/C13H11N3/c14-7-1-2-8-16-9-6-12-11(10-15)4-3-5-13(12)16/h3-6,9H,1-2,8H2. The van der Waals surface area contributed by atoms with Gasteiger partial charge in [-0.2, -0.15) is 10.5 Å². The first-order valence-corrected chi connectivity index (χ1v) is 5.21. The molecule has 78 valence electrons. The van der Waals surface area contributed by atoms with Gasteiger partial charge in [-0.15, -0.1) is 0 Å². The molecule has 0 aliphatic carbocycles. The van der Waals surface area contributed by atoms with Crippen molar-refractivity contribution >= 4 is 10.9 Å². The molecule has 0 atom stereocenters. The fourth-order valence-corrected chi connectivity index (χ4v) is 1.84. The second-order valence-electron chi connectivity index (χ2n) is 3.62. The van der Waals surface area contributed by atoms with E-state index in [1.54, 1.807) is 0 Å². The maximum Gasteiger partial charge on any atom is 0.0998 e. The normalized spacial score (nSPS) is 9.88. The highest BCUT2D eigenvalue weighted by molar-refractivity contribution is 5.85. The number of fused-ring (bicyclic) bond motifs is 1. The number of nitrogens with zero attached hydrogens (tertiary/aromatic N) is 3. The van der Waals surface area contributed by atoms with Gasteiger partial charge < -0.3 is 4.57 Å². The van der Waals surface area contributed by atoms with E-state index >= 15 is 0 Å². The van der Waals surface area contributed by atoms with E-state index in [1.807, 2.05) is 30.5 Å². The molecule has 3 nitrogen and oxygen atoms in total. The number of unbranched alkanes of at least 4 members (excludes halogenated alkanes) is 1. The molecule has 0 saturated heterocycles. The largest absolute Gasteiger partial charge is 0.347 e. The van der Waals surface area contributed by atoms with Crippen LogP contribution in [0.15, 0.2) is 30.5 Å². The smallest absolute Gasteiger partial charge is 0.0998 e. The molecule has 0 aliphatic heterocycles. The molecule has 1 heterocycles. The molecule has 1 aromatic carbocycles. The maximum absolute atomic E-state index is 8.96. The van der Waals surface area contributed by atoms with E-state index in [0.717, 1.165) is 23.9 Å². The number of hydrogen-bond donors (Lipinski definition) is 0. The van der Waals surface area contributed by atoms with Gasteiger partial charge in [0.1, 0.15) is 0 Å². The van der Waals surface area contributed by atoms with Crippen molar-refractivity contribution in [3.05, 3.63) is 36.0 Å². The molecular weight excluding hydrogens is 198 g/mol. The molecule has 2 rings (SSSR count). The Morgan fingerprint density at radius 1 is 1.19 bits per heavy atom. The lowest BCUT2D eigenvalue weighted by atomic mass is 10.1. The van der Waals surface area contributed by atoms with Crippen molar-refractivity contribution in [2.24, 2.45) is 0 Å². The van der Waals surface area contributed by atoms with Gasteiger partial charge in [-0.1, -0.05) is 6.07 Å². The van der Waals surface area contributed by atoms with Crippen molar-refractivity contribution in [3.8, 4) is 12.1 Å². The Morgan fingerprint density at radius 3 is 2.81 bits per heavy atom. The van der Waals surface area contributed by atoms with E-state index in [2.05, 4.69) is 16.7 Å². The van der Waals surface area contributed by atoms with Crippen molar-refractivity contribution in [2.45, 2.75) is 19.4 Å². The van der Waals surface area contributed by atoms with Crippen molar-refractivity contribution < 1.29 is 0 Å². The zero-order valence-corrected chi connectivity index (χ0v) is 8.85. The van der Waals surface area contributed by atoms with Crippen molar-refractivity contribution in [3.63, 3.8) is 0 Å². The van der Waals surface area contributed by atoms with Gasteiger partial charge in [0.05, 0.1) is 17.7 Å². The predicted molar refractivity (Wildman–Crippen MR) is 61.5 cm³/mol. The van der Waals surface area contributed by atoms with Crippen LogP contribution >= 0.6 is 0 Å². The van der Waals surface area contributed by atoms with Gasteiger partial charge in [-0.3, -0.25) is 0 Å². The van der Waals surface area contributed by atoms with Gasteiger partial charge in [0.25, 0.3) is 0 Å². The third-order valence-electron chi connectivity index (χ3n) is 2.62. The van der Waals surface area contributed by atoms with Crippen LogP contribution in [-0.2, 0) is 6.54 Å². The number of rotatable bonds is 3. The summed E-state index contributed by atoms with van der Waals surface area (Å²) in [7, 11) is 0. The number of aromatic nitrogens is 1. The summed E-state index contributed by atoms with van der Waals surface area (Å²) >= 11 is 0. The Bertz CT molecular complexity index is 581. The van der Waals surface area contributed by atoms with Crippen LogP contribution in [0.1, 0.15) is 18.4 Å². The Balaban J connectivity index is 2.36. The van der Waals surface area contributed by atoms with E-state index in [9.17, 15) is 0 Å². The summed E-state index contributed by atoms with van der Waals surface area (Å²) < 4.78 is 2.09. The molecule has 3 heteroatoms. The zero-order chi connectivity index (χ0) is 11.4. The molecule has 0 saturated carbocycles. The SMILES string of the molecule is N#CCCCn1ccc2c(C#N)cccc21. The van der Waals surface area contributed by atoms with Crippen LogP contribution in [0.4, 0.5) is 0 Å². The minimum atomic E-state index is 0.567. The molecule has 0 radical (unpaired) electrons. The topological polar surface area (TPSA) is 52.5 Å². The van der Waals surface area contributed by atoms with Gasteiger partial charge in [0.2, 0.25) is 0 Å². The lowest BCUT2D eigenvalue weighted by Crippen LogP contribution is -1.95. The second-order valence-corrected chi connectivity index (χ2v) is 3.62. The molecule has 1 aromatic heterocycles. The first-order chi connectivity index (χ1) is 7.86. The van der Waals surface area contributed by atoms with E-state index in [0.29, 0.717) is 12.0 Å². The molecule has 0 aliphatic rings. The van der Waals surface area contributed by atoms with Crippen LogP contribution in [-0.4, -0.2) is 4.57 Å². The minimum absolute atomic E-state index is 0.567. The zero-order valence-electron chi connectivity index (χ0n) is 8.85. The molecular formula is C13H11N3. The van der Waals surface area contributed by atoms with E-state index < -0.39 is 0 Å². The van der Waals surface area contributed by atoms with Crippen molar-refractivity contribution in [1.29, 1.82) is 10.5 Å². The van der Waals surface area contributed by atoms with Gasteiger partial charge in [0.15, 0.2) is 0 Å². The predicted octanol–water partition coefficient (Wildman–Crippen LogP) is 2.82. The third kappa shape index (κ3) is 1.76. The molecule has 0 amide bonds. The summed E-state index contributed by atoms with van der Waals surface area (Å²) in [5, 5.41) is 18.4. The van der Waals surface area contributed by atoms with Crippen LogP contribution in [0.25, 0.3) is 10.9 Å². The lowest BCUT2D eigenvalue weighted by molar-refractivity contribution is 0.674. The first-order valence-electron chi connectivity index (χ1n) is 5.21. The van der Waals surface area contributed by atoms with Crippen LogP contribution < -0.4 is 0 Å². The molecule has 0 spiro atoms. The maximum atomic E-state index is 8.96. The van der Waals surface area contributed by atoms with Gasteiger partial charge >= 0.3 is 0 Å². The molecule has 0 unspecified atom stereocenters. The summed E-state index contributed by atoms with van der Waals surface area (Å²) in [6, 6.07) is 12.0. The average molecular weight is 209 g/mol. The number of aryl methyl sites for hydroxylation is 1. The molecule has 2 aromatic rings.